The first-order valence-electron chi connectivity index (χ1n) is 4.65. The van der Waals surface area contributed by atoms with Gasteiger partial charge in [0.25, 0.3) is 0 Å². The summed E-state index contributed by atoms with van der Waals surface area (Å²) in [7, 11) is -1.05. The highest BCUT2D eigenvalue weighted by Gasteiger charge is 2.19. The van der Waals surface area contributed by atoms with Gasteiger partial charge in [0.15, 0.2) is 0 Å². The van der Waals surface area contributed by atoms with Gasteiger partial charge in [0, 0.05) is 5.69 Å². The Balaban J connectivity index is 2.75. The molecule has 0 radical (unpaired) electrons. The molecular formula is C11H17NOS. The van der Waals surface area contributed by atoms with Crippen LogP contribution in [0.5, 0.6) is 0 Å². The summed E-state index contributed by atoms with van der Waals surface area (Å²) in [5.74, 6) is 0. The van der Waals surface area contributed by atoms with Crippen LogP contribution >= 0.6 is 0 Å². The lowest BCUT2D eigenvalue weighted by Gasteiger charge is -2.18. The van der Waals surface area contributed by atoms with Crippen LogP contribution in [0.4, 0.5) is 5.69 Å². The number of rotatable bonds is 2. The molecule has 1 aromatic carbocycles. The molecule has 0 aliphatic carbocycles. The van der Waals surface area contributed by atoms with Gasteiger partial charge in [-0.15, -0.1) is 0 Å². The Labute approximate surface area is 88.3 Å². The maximum absolute atomic E-state index is 11.7. The van der Waals surface area contributed by atoms with E-state index < -0.39 is 11.0 Å². The van der Waals surface area contributed by atoms with E-state index in [0.717, 1.165) is 5.69 Å². The molecule has 0 aromatic heterocycles. The Morgan fingerprint density at radius 3 is 2.43 bits per heavy atom. The van der Waals surface area contributed by atoms with E-state index in [1.807, 2.05) is 52.0 Å². The second-order valence-electron chi connectivity index (χ2n) is 4.35. The summed E-state index contributed by atoms with van der Waals surface area (Å²) < 4.78 is 14.5. The van der Waals surface area contributed by atoms with Crippen LogP contribution in [0.2, 0.25) is 0 Å². The lowest BCUT2D eigenvalue weighted by atomic mass is 10.2. The number of aryl methyl sites for hydroxylation is 1. The number of nitrogens with one attached hydrogen (secondary N) is 1. The van der Waals surface area contributed by atoms with E-state index in [1.165, 1.54) is 5.56 Å². The van der Waals surface area contributed by atoms with Gasteiger partial charge in [-0.2, -0.15) is 0 Å². The minimum atomic E-state index is -1.05. The highest BCUT2D eigenvalue weighted by atomic mass is 32.2. The van der Waals surface area contributed by atoms with Crippen molar-refractivity contribution in [3.63, 3.8) is 0 Å². The maximum atomic E-state index is 11.7. The Morgan fingerprint density at radius 1 is 1.29 bits per heavy atom. The third-order valence-corrected chi connectivity index (χ3v) is 3.32. The van der Waals surface area contributed by atoms with Crippen LogP contribution in [0.1, 0.15) is 26.3 Å². The molecule has 0 heterocycles. The number of anilines is 1. The zero-order chi connectivity index (χ0) is 10.8. The molecule has 0 saturated carbocycles. The fraction of sp³-hybridized carbons (Fsp3) is 0.455. The summed E-state index contributed by atoms with van der Waals surface area (Å²) in [6.45, 7) is 7.87. The van der Waals surface area contributed by atoms with Gasteiger partial charge in [-0.3, -0.25) is 0 Å². The fourth-order valence-corrected chi connectivity index (χ4v) is 1.62. The largest absolute Gasteiger partial charge is 0.305 e. The van der Waals surface area contributed by atoms with Gasteiger partial charge in [0.05, 0.1) is 4.75 Å². The monoisotopic (exact) mass is 211 g/mol. The summed E-state index contributed by atoms with van der Waals surface area (Å²) >= 11 is 0. The molecule has 1 N–H and O–H groups in total. The number of benzene rings is 1. The van der Waals surface area contributed by atoms with Crippen LogP contribution in [-0.4, -0.2) is 8.96 Å². The van der Waals surface area contributed by atoms with Crippen molar-refractivity contribution in [3.8, 4) is 0 Å². The number of hydrogen-bond donors (Lipinski definition) is 1. The predicted molar refractivity (Wildman–Crippen MR) is 62.7 cm³/mol. The molecule has 0 saturated heterocycles. The molecule has 1 aromatic rings. The van der Waals surface area contributed by atoms with Crippen molar-refractivity contribution in [1.82, 2.24) is 0 Å². The average Bonchev–Trinajstić information content (AvgIpc) is 2.02. The van der Waals surface area contributed by atoms with Gasteiger partial charge >= 0.3 is 0 Å². The minimum absolute atomic E-state index is 0.232. The van der Waals surface area contributed by atoms with Gasteiger partial charge < -0.3 is 4.72 Å². The van der Waals surface area contributed by atoms with Gasteiger partial charge in [-0.25, -0.2) is 4.21 Å². The highest BCUT2D eigenvalue weighted by Crippen LogP contribution is 2.16. The molecule has 1 rings (SSSR count). The lowest BCUT2D eigenvalue weighted by Crippen LogP contribution is -2.27. The molecule has 2 nitrogen and oxygen atoms in total. The predicted octanol–water partition coefficient (Wildman–Crippen LogP) is 2.87. The van der Waals surface area contributed by atoms with Crippen molar-refractivity contribution in [2.45, 2.75) is 32.4 Å². The first kappa shape index (κ1) is 11.2. The van der Waals surface area contributed by atoms with Crippen LogP contribution in [0.3, 0.4) is 0 Å². The van der Waals surface area contributed by atoms with Crippen molar-refractivity contribution in [1.29, 1.82) is 0 Å². The average molecular weight is 211 g/mol. The summed E-state index contributed by atoms with van der Waals surface area (Å²) in [6, 6.07) is 7.89. The zero-order valence-electron chi connectivity index (χ0n) is 9.13. The third kappa shape index (κ3) is 3.14. The summed E-state index contributed by atoms with van der Waals surface area (Å²) in [5.41, 5.74) is 2.08. The van der Waals surface area contributed by atoms with E-state index in [4.69, 9.17) is 0 Å². The Hall–Kier alpha value is -0.830. The molecule has 0 unspecified atom stereocenters. The molecule has 0 bridgehead atoms. The van der Waals surface area contributed by atoms with Crippen molar-refractivity contribution >= 4 is 16.7 Å². The quantitative estimate of drug-likeness (QED) is 0.800. The Morgan fingerprint density at radius 2 is 1.93 bits per heavy atom. The van der Waals surface area contributed by atoms with E-state index >= 15 is 0 Å². The van der Waals surface area contributed by atoms with Crippen LogP contribution in [0, 0.1) is 6.92 Å². The van der Waals surface area contributed by atoms with E-state index in [2.05, 4.69) is 4.72 Å². The SMILES string of the molecule is Cc1cccc(N[S@](=O)C(C)(C)C)c1. The Kier molecular flexibility index (Phi) is 3.32. The minimum Gasteiger partial charge on any atom is -0.305 e. The van der Waals surface area contributed by atoms with Crippen LogP contribution in [0.25, 0.3) is 0 Å². The highest BCUT2D eigenvalue weighted by molar-refractivity contribution is 7.87. The molecule has 78 valence electrons. The second kappa shape index (κ2) is 4.13. The molecule has 0 spiro atoms. The topological polar surface area (TPSA) is 29.1 Å². The molecule has 1 atom stereocenters. The standard InChI is InChI=1S/C11H17NOS/c1-9-6-5-7-10(8-9)12-14(13)11(2,3)4/h5-8,12H,1-4H3/t14-/m1/s1. The van der Waals surface area contributed by atoms with Gasteiger partial charge in [0.1, 0.15) is 11.0 Å². The lowest BCUT2D eigenvalue weighted by molar-refractivity contribution is 0.653. The van der Waals surface area contributed by atoms with Crippen LogP contribution in [0.15, 0.2) is 24.3 Å². The van der Waals surface area contributed by atoms with Crippen molar-refractivity contribution in [2.24, 2.45) is 0 Å². The third-order valence-electron chi connectivity index (χ3n) is 1.78. The van der Waals surface area contributed by atoms with Gasteiger partial charge in [0.2, 0.25) is 0 Å². The maximum Gasteiger partial charge on any atom is 0.122 e. The van der Waals surface area contributed by atoms with E-state index in [1.54, 1.807) is 0 Å². The summed E-state index contributed by atoms with van der Waals surface area (Å²) in [6.07, 6.45) is 0. The molecule has 3 heteroatoms. The van der Waals surface area contributed by atoms with Gasteiger partial charge in [-0.1, -0.05) is 12.1 Å². The van der Waals surface area contributed by atoms with E-state index in [0.29, 0.717) is 0 Å². The first-order chi connectivity index (χ1) is 6.39. The van der Waals surface area contributed by atoms with Crippen molar-refractivity contribution in [2.75, 3.05) is 4.72 Å². The summed E-state index contributed by atoms with van der Waals surface area (Å²) in [5, 5.41) is 0. The summed E-state index contributed by atoms with van der Waals surface area (Å²) in [4.78, 5) is 0. The number of hydrogen-bond acceptors (Lipinski definition) is 1. The van der Waals surface area contributed by atoms with E-state index in [-0.39, 0.29) is 4.75 Å². The molecule has 14 heavy (non-hydrogen) atoms. The first-order valence-corrected chi connectivity index (χ1v) is 5.80. The smallest absolute Gasteiger partial charge is 0.122 e. The van der Waals surface area contributed by atoms with Crippen LogP contribution in [-0.2, 0) is 11.0 Å². The molecular weight excluding hydrogens is 194 g/mol. The Bertz CT molecular complexity index is 341. The second-order valence-corrected chi connectivity index (χ2v) is 6.32. The fourth-order valence-electron chi connectivity index (χ4n) is 0.969. The van der Waals surface area contributed by atoms with E-state index in [9.17, 15) is 4.21 Å². The zero-order valence-corrected chi connectivity index (χ0v) is 9.94. The van der Waals surface area contributed by atoms with Crippen molar-refractivity contribution in [3.05, 3.63) is 29.8 Å². The normalized spacial score (nSPS) is 13.7. The van der Waals surface area contributed by atoms with Crippen molar-refractivity contribution < 1.29 is 4.21 Å². The molecule has 0 aliphatic heterocycles. The molecule has 0 amide bonds. The molecule has 0 aliphatic rings. The van der Waals surface area contributed by atoms with Crippen LogP contribution < -0.4 is 4.72 Å². The van der Waals surface area contributed by atoms with Gasteiger partial charge in [-0.05, 0) is 45.4 Å². The molecule has 0 fully saturated rings.